The Kier molecular flexibility index (Phi) is 4.14. The van der Waals surface area contributed by atoms with Gasteiger partial charge in [0, 0.05) is 11.1 Å². The van der Waals surface area contributed by atoms with Crippen molar-refractivity contribution in [2.45, 2.75) is 0 Å². The molecule has 0 aliphatic carbocycles. The first-order valence-corrected chi connectivity index (χ1v) is 6.11. The van der Waals surface area contributed by atoms with Crippen LogP contribution in [0.15, 0.2) is 48.5 Å². The van der Waals surface area contributed by atoms with Crippen LogP contribution in [0.5, 0.6) is 0 Å². The van der Waals surface area contributed by atoms with E-state index in [0.717, 1.165) is 0 Å². The van der Waals surface area contributed by atoms with E-state index in [2.05, 4.69) is 0 Å². The first-order chi connectivity index (χ1) is 9.61. The number of halogens is 1. The monoisotopic (exact) mass is 284 g/mol. The summed E-state index contributed by atoms with van der Waals surface area (Å²) in [4.78, 5) is 10.5. The van der Waals surface area contributed by atoms with Crippen molar-refractivity contribution in [3.63, 3.8) is 0 Å². The summed E-state index contributed by atoms with van der Waals surface area (Å²) < 4.78 is 0. The molecule has 2 aromatic carbocycles. The van der Waals surface area contributed by atoms with E-state index in [9.17, 15) is 15.4 Å². The third-order valence-electron chi connectivity index (χ3n) is 2.69. The van der Waals surface area contributed by atoms with E-state index in [0.29, 0.717) is 21.7 Å². The van der Waals surface area contributed by atoms with Gasteiger partial charge in [-0.1, -0.05) is 35.9 Å². The largest absolute Gasteiger partial charge is 0.276 e. The lowest BCUT2D eigenvalue weighted by molar-refractivity contribution is -0.385. The lowest BCUT2D eigenvalue weighted by atomic mass is 10.0. The molecule has 20 heavy (non-hydrogen) atoms. The van der Waals surface area contributed by atoms with Gasteiger partial charge in [-0.2, -0.15) is 5.26 Å². The molecule has 0 atom stereocenters. The van der Waals surface area contributed by atoms with Crippen molar-refractivity contribution in [3.8, 4) is 6.07 Å². The van der Waals surface area contributed by atoms with Gasteiger partial charge in [-0.3, -0.25) is 10.1 Å². The second kappa shape index (κ2) is 6.00. The maximum Gasteiger partial charge on any atom is 0.276 e. The number of para-hydroxylation sites is 1. The molecule has 0 aliphatic rings. The summed E-state index contributed by atoms with van der Waals surface area (Å²) >= 11 is 5.89. The molecule has 0 saturated heterocycles. The van der Waals surface area contributed by atoms with Gasteiger partial charge in [-0.15, -0.1) is 0 Å². The molecule has 0 spiro atoms. The molecule has 0 radical (unpaired) electrons. The van der Waals surface area contributed by atoms with Crippen LogP contribution in [0.1, 0.15) is 11.1 Å². The van der Waals surface area contributed by atoms with Gasteiger partial charge in [0.2, 0.25) is 0 Å². The van der Waals surface area contributed by atoms with Crippen LogP contribution in [0, 0.1) is 21.4 Å². The first-order valence-electron chi connectivity index (χ1n) is 5.73. The lowest BCUT2D eigenvalue weighted by Gasteiger charge is -2.01. The van der Waals surface area contributed by atoms with Crippen molar-refractivity contribution >= 4 is 28.9 Å². The van der Waals surface area contributed by atoms with Crippen LogP contribution >= 0.6 is 11.6 Å². The molecule has 0 amide bonds. The molecule has 4 nitrogen and oxygen atoms in total. The Bertz CT molecular complexity index is 733. The zero-order valence-electron chi connectivity index (χ0n) is 10.3. The van der Waals surface area contributed by atoms with Crippen LogP contribution in [0.25, 0.3) is 11.6 Å². The Morgan fingerprint density at radius 2 is 2.00 bits per heavy atom. The molecule has 2 aromatic rings. The summed E-state index contributed by atoms with van der Waals surface area (Å²) in [6.07, 6.45) is 1.49. The fraction of sp³-hybridized carbons (Fsp3) is 0. The van der Waals surface area contributed by atoms with Gasteiger partial charge in [0.15, 0.2) is 0 Å². The molecule has 5 heteroatoms. The summed E-state index contributed by atoms with van der Waals surface area (Å²) in [6, 6.07) is 15.1. The number of hydrogen-bond donors (Lipinski definition) is 0. The lowest BCUT2D eigenvalue weighted by Crippen LogP contribution is -1.91. The zero-order chi connectivity index (χ0) is 14.5. The van der Waals surface area contributed by atoms with Gasteiger partial charge >= 0.3 is 0 Å². The van der Waals surface area contributed by atoms with E-state index in [4.69, 9.17) is 11.6 Å². The Balaban J connectivity index is 2.53. The molecular weight excluding hydrogens is 276 g/mol. The van der Waals surface area contributed by atoms with E-state index in [1.807, 2.05) is 6.07 Å². The SMILES string of the molecule is N#CC(=Cc1ccccc1[N+](=O)[O-])c1cccc(Cl)c1. The number of allylic oxidation sites excluding steroid dienone is 1. The van der Waals surface area contributed by atoms with Crippen LogP contribution in [0.2, 0.25) is 5.02 Å². The molecule has 0 unspecified atom stereocenters. The maximum atomic E-state index is 11.0. The number of nitro groups is 1. The minimum absolute atomic E-state index is 0.0396. The molecule has 0 N–H and O–H groups in total. The van der Waals surface area contributed by atoms with Crippen molar-refractivity contribution in [1.82, 2.24) is 0 Å². The normalized spacial score (nSPS) is 10.9. The Morgan fingerprint density at radius 3 is 2.65 bits per heavy atom. The highest BCUT2D eigenvalue weighted by Gasteiger charge is 2.11. The van der Waals surface area contributed by atoms with Gasteiger partial charge in [-0.25, -0.2) is 0 Å². The quantitative estimate of drug-likeness (QED) is 0.365. The highest BCUT2D eigenvalue weighted by molar-refractivity contribution is 6.30. The Hall–Kier alpha value is -2.64. The summed E-state index contributed by atoms with van der Waals surface area (Å²) in [5.74, 6) is 0. The first kappa shape index (κ1) is 13.8. The highest BCUT2D eigenvalue weighted by atomic mass is 35.5. The fourth-order valence-electron chi connectivity index (χ4n) is 1.77. The smallest absolute Gasteiger partial charge is 0.258 e. The topological polar surface area (TPSA) is 66.9 Å². The van der Waals surface area contributed by atoms with E-state index < -0.39 is 4.92 Å². The van der Waals surface area contributed by atoms with Gasteiger partial charge in [0.05, 0.1) is 22.1 Å². The predicted octanol–water partition coefficient (Wildman–Crippen LogP) is 4.31. The van der Waals surface area contributed by atoms with Crippen LogP contribution < -0.4 is 0 Å². The summed E-state index contributed by atoms with van der Waals surface area (Å²) in [5, 5.41) is 20.7. The van der Waals surface area contributed by atoms with Gasteiger partial charge in [-0.05, 0) is 29.8 Å². The summed E-state index contributed by atoms with van der Waals surface area (Å²) in [7, 11) is 0. The molecule has 0 fully saturated rings. The molecule has 0 heterocycles. The molecule has 0 aliphatic heterocycles. The Labute approximate surface area is 120 Å². The second-order valence-corrected chi connectivity index (χ2v) is 4.43. The standard InChI is InChI=1S/C15H9ClN2O2/c16-14-6-3-5-11(9-14)13(10-17)8-12-4-1-2-7-15(12)18(19)20/h1-9H. The van der Waals surface area contributed by atoms with Gasteiger partial charge in [0.25, 0.3) is 5.69 Å². The van der Waals surface area contributed by atoms with Crippen molar-refractivity contribution in [2.24, 2.45) is 0 Å². The van der Waals surface area contributed by atoms with Gasteiger partial charge < -0.3 is 0 Å². The van der Waals surface area contributed by atoms with Crippen molar-refractivity contribution in [2.75, 3.05) is 0 Å². The van der Waals surface area contributed by atoms with E-state index in [-0.39, 0.29) is 5.69 Å². The molecule has 0 bridgehead atoms. The Morgan fingerprint density at radius 1 is 1.25 bits per heavy atom. The second-order valence-electron chi connectivity index (χ2n) is 4.00. The number of nitro benzene ring substituents is 1. The molecule has 2 rings (SSSR count). The molecule has 98 valence electrons. The van der Waals surface area contributed by atoms with Gasteiger partial charge in [0.1, 0.15) is 0 Å². The summed E-state index contributed by atoms with van der Waals surface area (Å²) in [6.45, 7) is 0. The highest BCUT2D eigenvalue weighted by Crippen LogP contribution is 2.25. The predicted molar refractivity (Wildman–Crippen MR) is 78.0 cm³/mol. The van der Waals surface area contributed by atoms with Crippen molar-refractivity contribution in [1.29, 1.82) is 5.26 Å². The van der Waals surface area contributed by atoms with E-state index >= 15 is 0 Å². The number of nitriles is 1. The zero-order valence-corrected chi connectivity index (χ0v) is 11.0. The number of nitrogens with zero attached hydrogens (tertiary/aromatic N) is 2. The minimum Gasteiger partial charge on any atom is -0.258 e. The summed E-state index contributed by atoms with van der Waals surface area (Å²) in [5.41, 5.74) is 1.29. The third-order valence-corrected chi connectivity index (χ3v) is 2.92. The number of rotatable bonds is 3. The van der Waals surface area contributed by atoms with Crippen LogP contribution in [0.4, 0.5) is 5.69 Å². The maximum absolute atomic E-state index is 11.0. The molecule has 0 saturated carbocycles. The number of hydrogen-bond acceptors (Lipinski definition) is 3. The van der Waals surface area contributed by atoms with Crippen molar-refractivity contribution < 1.29 is 4.92 Å². The van der Waals surface area contributed by atoms with E-state index in [1.165, 1.54) is 12.1 Å². The minimum atomic E-state index is -0.473. The molecular formula is C15H9ClN2O2. The van der Waals surface area contributed by atoms with Crippen LogP contribution in [0.3, 0.4) is 0 Å². The third kappa shape index (κ3) is 3.02. The van der Waals surface area contributed by atoms with Crippen molar-refractivity contribution in [3.05, 3.63) is 74.8 Å². The molecule has 0 aromatic heterocycles. The average Bonchev–Trinajstić information content (AvgIpc) is 2.45. The fourth-order valence-corrected chi connectivity index (χ4v) is 1.96. The van der Waals surface area contributed by atoms with Crippen LogP contribution in [-0.4, -0.2) is 4.92 Å². The van der Waals surface area contributed by atoms with Crippen LogP contribution in [-0.2, 0) is 0 Å². The van der Waals surface area contributed by atoms with E-state index in [1.54, 1.807) is 42.5 Å². The number of benzene rings is 2. The average molecular weight is 285 g/mol.